The average Bonchev–Trinajstić information content (AvgIpc) is 3.21. The van der Waals surface area contributed by atoms with Gasteiger partial charge in [-0.15, -0.1) is 0 Å². The molecule has 0 unspecified atom stereocenters. The summed E-state index contributed by atoms with van der Waals surface area (Å²) in [5.41, 5.74) is 1.23. The molecule has 1 saturated heterocycles. The largest absolute Gasteiger partial charge is 0.480 e. The number of likely N-dealkylation sites (tertiary alicyclic amines) is 1. The van der Waals surface area contributed by atoms with Crippen LogP contribution in [0, 0.1) is 5.82 Å². The molecule has 6 nitrogen and oxygen atoms in total. The second-order valence-electron chi connectivity index (χ2n) is 7.04. The zero-order valence-corrected chi connectivity index (χ0v) is 16.2. The molecule has 7 heteroatoms. The van der Waals surface area contributed by atoms with Crippen LogP contribution in [-0.4, -0.2) is 34.4 Å². The Labute approximate surface area is 168 Å². The van der Waals surface area contributed by atoms with Crippen molar-refractivity contribution >= 4 is 5.91 Å². The number of amides is 1. The van der Waals surface area contributed by atoms with Crippen LogP contribution >= 0.6 is 0 Å². The lowest BCUT2D eigenvalue weighted by molar-refractivity contribution is 0.0566. The van der Waals surface area contributed by atoms with E-state index in [0.29, 0.717) is 36.1 Å². The van der Waals surface area contributed by atoms with Crippen LogP contribution in [-0.2, 0) is 6.42 Å². The molecule has 0 aliphatic carbocycles. The number of carbonyl (C=O) groups is 1. The number of hydrogen-bond donors (Lipinski definition) is 0. The van der Waals surface area contributed by atoms with Gasteiger partial charge in [0.25, 0.3) is 5.91 Å². The Kier molecular flexibility index (Phi) is 5.55. The molecule has 0 radical (unpaired) electrons. The molecular weight excluding hydrogens is 373 g/mol. The van der Waals surface area contributed by atoms with E-state index in [2.05, 4.69) is 9.97 Å². The molecule has 0 spiro atoms. The highest BCUT2D eigenvalue weighted by Gasteiger charge is 2.33. The first-order valence-electron chi connectivity index (χ1n) is 9.64. The van der Waals surface area contributed by atoms with Crippen molar-refractivity contribution in [1.29, 1.82) is 0 Å². The van der Waals surface area contributed by atoms with E-state index in [1.807, 2.05) is 6.07 Å². The molecule has 1 atom stereocenters. The van der Waals surface area contributed by atoms with E-state index in [-0.39, 0.29) is 17.8 Å². The van der Waals surface area contributed by atoms with Crippen LogP contribution in [0.25, 0.3) is 0 Å². The third-order valence-electron chi connectivity index (χ3n) is 5.08. The van der Waals surface area contributed by atoms with Crippen molar-refractivity contribution in [3.63, 3.8) is 0 Å². The first-order valence-corrected chi connectivity index (χ1v) is 9.64. The molecule has 3 aromatic rings. The van der Waals surface area contributed by atoms with Crippen LogP contribution in [0.15, 0.2) is 53.2 Å². The van der Waals surface area contributed by atoms with Crippen molar-refractivity contribution in [2.24, 2.45) is 0 Å². The minimum atomic E-state index is -0.281. The Bertz CT molecular complexity index is 1000. The van der Waals surface area contributed by atoms with E-state index < -0.39 is 0 Å². The third-order valence-corrected chi connectivity index (χ3v) is 5.08. The van der Waals surface area contributed by atoms with Gasteiger partial charge in [-0.3, -0.25) is 4.79 Å². The zero-order chi connectivity index (χ0) is 20.2. The minimum absolute atomic E-state index is 0.149. The number of pyridine rings is 1. The van der Waals surface area contributed by atoms with E-state index in [9.17, 15) is 9.18 Å². The number of halogens is 1. The van der Waals surface area contributed by atoms with Crippen molar-refractivity contribution < 1.29 is 18.3 Å². The van der Waals surface area contributed by atoms with Gasteiger partial charge in [0.15, 0.2) is 0 Å². The number of aromatic nitrogens is 2. The maximum atomic E-state index is 13.4. The molecular formula is C22H22FN3O3. The maximum absolute atomic E-state index is 13.4. The van der Waals surface area contributed by atoms with Crippen molar-refractivity contribution in [3.8, 4) is 5.88 Å². The number of nitrogens with zero attached hydrogens (tertiary/aromatic N) is 3. The smallest absolute Gasteiger partial charge is 0.260 e. The quantitative estimate of drug-likeness (QED) is 0.648. The summed E-state index contributed by atoms with van der Waals surface area (Å²) >= 11 is 0. The third kappa shape index (κ3) is 4.13. The van der Waals surface area contributed by atoms with Gasteiger partial charge in [0.1, 0.15) is 23.2 Å². The highest BCUT2D eigenvalue weighted by molar-refractivity contribution is 5.96. The number of rotatable bonds is 5. The Balaban J connectivity index is 1.56. The van der Waals surface area contributed by atoms with E-state index in [1.54, 1.807) is 35.5 Å². The molecule has 4 rings (SSSR count). The molecule has 3 heterocycles. The maximum Gasteiger partial charge on any atom is 0.260 e. The van der Waals surface area contributed by atoms with Gasteiger partial charge in [0, 0.05) is 19.2 Å². The van der Waals surface area contributed by atoms with E-state index >= 15 is 0 Å². The van der Waals surface area contributed by atoms with Crippen molar-refractivity contribution in [2.75, 3.05) is 13.7 Å². The topological polar surface area (TPSA) is 68.5 Å². The minimum Gasteiger partial charge on any atom is -0.480 e. The zero-order valence-electron chi connectivity index (χ0n) is 16.2. The van der Waals surface area contributed by atoms with E-state index in [0.717, 1.165) is 24.8 Å². The summed E-state index contributed by atoms with van der Waals surface area (Å²) in [5.74, 6) is 1.03. The lowest BCUT2D eigenvalue weighted by atomic mass is 10.0. The molecule has 0 bridgehead atoms. The molecule has 1 aliphatic heterocycles. The fraction of sp³-hybridized carbons (Fsp3) is 0.318. The van der Waals surface area contributed by atoms with Crippen LogP contribution in [0.3, 0.4) is 0 Å². The summed E-state index contributed by atoms with van der Waals surface area (Å²) < 4.78 is 24.6. The average molecular weight is 395 g/mol. The molecule has 0 saturated carbocycles. The Morgan fingerprint density at radius 3 is 3.00 bits per heavy atom. The summed E-state index contributed by atoms with van der Waals surface area (Å²) in [7, 11) is 1.50. The summed E-state index contributed by atoms with van der Waals surface area (Å²) in [6.45, 7) is 0.614. The molecule has 0 N–H and O–H groups in total. The van der Waals surface area contributed by atoms with Gasteiger partial charge in [-0.05, 0) is 49.1 Å². The van der Waals surface area contributed by atoms with Gasteiger partial charge in [-0.2, -0.15) is 0 Å². The SMILES string of the molecule is COc1ncccc1C(=O)N1CCCC[C@H]1c1ncc(Cc2cccc(F)c2)o1. The standard InChI is InChI=1S/C22H22FN3O3/c1-28-20-18(8-5-10-24-20)22(27)26-11-3-2-9-19(26)21-25-14-17(29-21)13-15-6-4-7-16(23)12-15/h4-8,10,12,14,19H,2-3,9,11,13H2,1H3/t19-/m0/s1. The first-order chi connectivity index (χ1) is 14.2. The Morgan fingerprint density at radius 1 is 1.28 bits per heavy atom. The molecule has 1 aromatic carbocycles. The highest BCUT2D eigenvalue weighted by Crippen LogP contribution is 2.33. The number of oxazole rings is 1. The fourth-order valence-corrected chi connectivity index (χ4v) is 3.71. The van der Waals surface area contributed by atoms with Crippen LogP contribution in [0.2, 0.25) is 0 Å². The summed E-state index contributed by atoms with van der Waals surface area (Å²) in [6, 6.07) is 9.59. The fourth-order valence-electron chi connectivity index (χ4n) is 3.71. The number of benzene rings is 1. The summed E-state index contributed by atoms with van der Waals surface area (Å²) in [4.78, 5) is 23.5. The second kappa shape index (κ2) is 8.43. The normalized spacial score (nSPS) is 16.6. The van der Waals surface area contributed by atoms with Gasteiger partial charge in [-0.1, -0.05) is 12.1 Å². The lowest BCUT2D eigenvalue weighted by Crippen LogP contribution is -2.38. The van der Waals surface area contributed by atoms with Gasteiger partial charge >= 0.3 is 0 Å². The monoisotopic (exact) mass is 395 g/mol. The molecule has 1 amide bonds. The number of carbonyl (C=O) groups excluding carboxylic acids is 1. The molecule has 1 aliphatic rings. The number of hydrogen-bond acceptors (Lipinski definition) is 5. The Morgan fingerprint density at radius 2 is 2.17 bits per heavy atom. The van der Waals surface area contributed by atoms with Crippen LogP contribution in [0.5, 0.6) is 5.88 Å². The van der Waals surface area contributed by atoms with Crippen molar-refractivity contribution in [3.05, 3.63) is 77.4 Å². The predicted molar refractivity (Wildman–Crippen MR) is 104 cm³/mol. The lowest BCUT2D eigenvalue weighted by Gasteiger charge is -2.34. The van der Waals surface area contributed by atoms with Crippen LogP contribution in [0.4, 0.5) is 4.39 Å². The number of piperidine rings is 1. The molecule has 1 fully saturated rings. The van der Waals surface area contributed by atoms with E-state index in [1.165, 1.54) is 19.2 Å². The van der Waals surface area contributed by atoms with Crippen LogP contribution in [0.1, 0.15) is 52.9 Å². The summed E-state index contributed by atoms with van der Waals surface area (Å²) in [5, 5.41) is 0. The van der Waals surface area contributed by atoms with Gasteiger partial charge in [-0.25, -0.2) is 14.4 Å². The van der Waals surface area contributed by atoms with Gasteiger partial charge < -0.3 is 14.1 Å². The predicted octanol–water partition coefficient (Wildman–Crippen LogP) is 4.18. The van der Waals surface area contributed by atoms with Crippen molar-refractivity contribution in [1.82, 2.24) is 14.9 Å². The number of methoxy groups -OCH3 is 1. The Hall–Kier alpha value is -3.22. The molecule has 2 aromatic heterocycles. The number of ether oxygens (including phenoxy) is 1. The highest BCUT2D eigenvalue weighted by atomic mass is 19.1. The van der Waals surface area contributed by atoms with Gasteiger partial charge in [0.05, 0.1) is 13.3 Å². The molecule has 29 heavy (non-hydrogen) atoms. The second-order valence-corrected chi connectivity index (χ2v) is 7.04. The van der Waals surface area contributed by atoms with Crippen molar-refractivity contribution in [2.45, 2.75) is 31.7 Å². The first kappa shape index (κ1) is 19.1. The van der Waals surface area contributed by atoms with Gasteiger partial charge in [0.2, 0.25) is 11.8 Å². The van der Waals surface area contributed by atoms with Crippen LogP contribution < -0.4 is 4.74 Å². The summed E-state index contributed by atoms with van der Waals surface area (Å²) in [6.07, 6.45) is 6.37. The van der Waals surface area contributed by atoms with E-state index in [4.69, 9.17) is 9.15 Å². The molecule has 150 valence electrons.